The number of pyridine rings is 2. The molecule has 1 aliphatic carbocycles. The highest BCUT2D eigenvalue weighted by Gasteiger charge is 2.26. The van der Waals surface area contributed by atoms with E-state index < -0.39 is 6.10 Å². The van der Waals surface area contributed by atoms with Crippen molar-refractivity contribution in [3.63, 3.8) is 0 Å². The van der Waals surface area contributed by atoms with Gasteiger partial charge in [-0.25, -0.2) is 0 Å². The third-order valence-electron chi connectivity index (χ3n) is 4.01. The molecule has 5 heteroatoms. The van der Waals surface area contributed by atoms with Gasteiger partial charge in [-0.3, -0.25) is 14.8 Å². The Bertz CT molecular complexity index is 645. The van der Waals surface area contributed by atoms with Gasteiger partial charge in [-0.1, -0.05) is 18.9 Å². The van der Waals surface area contributed by atoms with Crippen LogP contribution in [-0.4, -0.2) is 33.1 Å². The fraction of sp³-hybridized carbons (Fsp3) is 0.353. The molecule has 0 bridgehead atoms. The first-order valence-corrected chi connectivity index (χ1v) is 7.61. The van der Waals surface area contributed by atoms with Crippen LogP contribution in [0.25, 0.3) is 11.4 Å². The predicted molar refractivity (Wildman–Crippen MR) is 83.2 cm³/mol. The molecule has 0 aromatic carbocycles. The Labute approximate surface area is 129 Å². The van der Waals surface area contributed by atoms with Crippen molar-refractivity contribution in [1.82, 2.24) is 15.3 Å². The van der Waals surface area contributed by atoms with Gasteiger partial charge in [0, 0.05) is 12.4 Å². The van der Waals surface area contributed by atoms with Crippen LogP contribution < -0.4 is 5.32 Å². The van der Waals surface area contributed by atoms with Gasteiger partial charge in [0.1, 0.15) is 5.69 Å². The minimum absolute atomic E-state index is 0.182. The molecule has 1 amide bonds. The fourth-order valence-electron chi connectivity index (χ4n) is 2.82. The minimum Gasteiger partial charge on any atom is -0.391 e. The average Bonchev–Trinajstić information content (AvgIpc) is 2.58. The maximum absolute atomic E-state index is 12.6. The van der Waals surface area contributed by atoms with Gasteiger partial charge in [0.05, 0.1) is 23.4 Å². The van der Waals surface area contributed by atoms with E-state index in [1.807, 2.05) is 18.2 Å². The Morgan fingerprint density at radius 2 is 1.91 bits per heavy atom. The molecule has 2 atom stereocenters. The third kappa shape index (κ3) is 3.14. The van der Waals surface area contributed by atoms with Crippen LogP contribution in [-0.2, 0) is 0 Å². The fourth-order valence-corrected chi connectivity index (χ4v) is 2.82. The zero-order chi connectivity index (χ0) is 15.4. The summed E-state index contributed by atoms with van der Waals surface area (Å²) < 4.78 is 0. The topological polar surface area (TPSA) is 75.1 Å². The van der Waals surface area contributed by atoms with Crippen molar-refractivity contribution in [3.05, 3.63) is 48.3 Å². The quantitative estimate of drug-likeness (QED) is 0.910. The molecule has 1 aliphatic rings. The molecule has 0 spiro atoms. The van der Waals surface area contributed by atoms with Crippen molar-refractivity contribution in [3.8, 4) is 11.4 Å². The highest BCUT2D eigenvalue weighted by Crippen LogP contribution is 2.21. The third-order valence-corrected chi connectivity index (χ3v) is 4.01. The van der Waals surface area contributed by atoms with Crippen molar-refractivity contribution >= 4 is 5.91 Å². The first-order chi connectivity index (χ1) is 10.8. The molecule has 5 nitrogen and oxygen atoms in total. The molecule has 114 valence electrons. The minimum atomic E-state index is -0.465. The molecule has 0 aliphatic heterocycles. The second-order valence-corrected chi connectivity index (χ2v) is 5.55. The van der Waals surface area contributed by atoms with Crippen LogP contribution in [0, 0.1) is 0 Å². The Morgan fingerprint density at radius 1 is 1.09 bits per heavy atom. The van der Waals surface area contributed by atoms with Crippen LogP contribution in [0.1, 0.15) is 36.0 Å². The highest BCUT2D eigenvalue weighted by atomic mass is 16.3. The molecule has 2 aromatic heterocycles. The van der Waals surface area contributed by atoms with E-state index in [9.17, 15) is 9.90 Å². The molecule has 2 unspecified atom stereocenters. The Morgan fingerprint density at radius 3 is 2.68 bits per heavy atom. The zero-order valence-electron chi connectivity index (χ0n) is 12.3. The van der Waals surface area contributed by atoms with Crippen LogP contribution >= 0.6 is 0 Å². The summed E-state index contributed by atoms with van der Waals surface area (Å²) in [5.41, 5.74) is 1.71. The molecule has 0 radical (unpaired) electrons. The molecule has 1 saturated carbocycles. The summed E-state index contributed by atoms with van der Waals surface area (Å²) in [4.78, 5) is 21.1. The number of aliphatic hydroxyl groups excluding tert-OH is 1. The van der Waals surface area contributed by atoms with E-state index in [0.717, 1.165) is 25.7 Å². The van der Waals surface area contributed by atoms with Gasteiger partial charge in [0.15, 0.2) is 0 Å². The number of aromatic nitrogens is 2. The van der Waals surface area contributed by atoms with Crippen LogP contribution in [0.2, 0.25) is 0 Å². The molecule has 0 saturated heterocycles. The van der Waals surface area contributed by atoms with Crippen LogP contribution in [0.15, 0.2) is 42.7 Å². The molecule has 2 N–H and O–H groups in total. The number of hydrogen-bond donors (Lipinski definition) is 2. The predicted octanol–water partition coefficient (Wildman–Crippen LogP) is 2.18. The first-order valence-electron chi connectivity index (χ1n) is 7.61. The van der Waals surface area contributed by atoms with Gasteiger partial charge in [-0.05, 0) is 37.1 Å². The van der Waals surface area contributed by atoms with Gasteiger partial charge >= 0.3 is 0 Å². The summed E-state index contributed by atoms with van der Waals surface area (Å²) in [6.07, 6.45) is 6.46. The van der Waals surface area contributed by atoms with E-state index in [-0.39, 0.29) is 11.9 Å². The lowest BCUT2D eigenvalue weighted by atomic mass is 9.92. The van der Waals surface area contributed by atoms with E-state index in [4.69, 9.17) is 0 Å². The first kappa shape index (κ1) is 14.7. The zero-order valence-corrected chi connectivity index (χ0v) is 12.3. The van der Waals surface area contributed by atoms with Gasteiger partial charge in [0.25, 0.3) is 5.91 Å². The van der Waals surface area contributed by atoms with Crippen molar-refractivity contribution in [1.29, 1.82) is 0 Å². The maximum Gasteiger partial charge on any atom is 0.253 e. The molecule has 3 rings (SSSR count). The van der Waals surface area contributed by atoms with Gasteiger partial charge in [0.2, 0.25) is 0 Å². The Balaban J connectivity index is 1.84. The van der Waals surface area contributed by atoms with E-state index >= 15 is 0 Å². The summed E-state index contributed by atoms with van der Waals surface area (Å²) in [6, 6.07) is 8.81. The van der Waals surface area contributed by atoms with Crippen LogP contribution in [0.3, 0.4) is 0 Å². The van der Waals surface area contributed by atoms with Crippen LogP contribution in [0.5, 0.6) is 0 Å². The molecule has 2 aromatic rings. The Kier molecular flexibility index (Phi) is 4.44. The van der Waals surface area contributed by atoms with Crippen molar-refractivity contribution in [2.24, 2.45) is 0 Å². The van der Waals surface area contributed by atoms with Crippen molar-refractivity contribution < 1.29 is 9.90 Å². The van der Waals surface area contributed by atoms with Crippen molar-refractivity contribution in [2.45, 2.75) is 37.8 Å². The lowest BCUT2D eigenvalue weighted by molar-refractivity contribution is 0.0717. The Hall–Kier alpha value is -2.27. The normalized spacial score (nSPS) is 21.3. The van der Waals surface area contributed by atoms with Gasteiger partial charge in [-0.2, -0.15) is 0 Å². The number of aliphatic hydroxyl groups is 1. The summed E-state index contributed by atoms with van der Waals surface area (Å²) in [7, 11) is 0. The second-order valence-electron chi connectivity index (χ2n) is 5.55. The number of hydrogen-bond acceptors (Lipinski definition) is 4. The monoisotopic (exact) mass is 297 g/mol. The summed E-state index contributed by atoms with van der Waals surface area (Å²) >= 11 is 0. The SMILES string of the molecule is O=C(NC1CCCCC1O)c1cccnc1-c1ccccn1. The smallest absolute Gasteiger partial charge is 0.253 e. The van der Waals surface area contributed by atoms with E-state index in [0.29, 0.717) is 17.0 Å². The van der Waals surface area contributed by atoms with Crippen LogP contribution in [0.4, 0.5) is 0 Å². The van der Waals surface area contributed by atoms with Gasteiger partial charge in [-0.15, -0.1) is 0 Å². The highest BCUT2D eigenvalue weighted by molar-refractivity contribution is 5.99. The second kappa shape index (κ2) is 6.66. The largest absolute Gasteiger partial charge is 0.391 e. The lowest BCUT2D eigenvalue weighted by Crippen LogP contribution is -2.45. The molecular weight excluding hydrogens is 278 g/mol. The number of amides is 1. The maximum atomic E-state index is 12.6. The van der Waals surface area contributed by atoms with E-state index in [1.54, 1.807) is 24.5 Å². The molecule has 22 heavy (non-hydrogen) atoms. The summed E-state index contributed by atoms with van der Waals surface area (Å²) in [6.45, 7) is 0. The number of nitrogens with one attached hydrogen (secondary N) is 1. The summed E-state index contributed by atoms with van der Waals surface area (Å²) in [5.74, 6) is -0.209. The molecular formula is C17H19N3O2. The van der Waals surface area contributed by atoms with Gasteiger partial charge < -0.3 is 10.4 Å². The number of nitrogens with zero attached hydrogens (tertiary/aromatic N) is 2. The molecule has 1 fully saturated rings. The average molecular weight is 297 g/mol. The molecule has 2 heterocycles. The number of carbonyl (C=O) groups excluding carboxylic acids is 1. The van der Waals surface area contributed by atoms with E-state index in [2.05, 4.69) is 15.3 Å². The number of carbonyl (C=O) groups is 1. The standard InChI is InChI=1S/C17H19N3O2/c21-15-9-2-1-7-13(15)20-17(22)12-6-5-11-19-16(12)14-8-3-4-10-18-14/h3-6,8,10-11,13,15,21H,1-2,7,9H2,(H,20,22). The lowest BCUT2D eigenvalue weighted by Gasteiger charge is -2.28. The number of rotatable bonds is 3. The van der Waals surface area contributed by atoms with Crippen molar-refractivity contribution in [2.75, 3.05) is 0 Å². The van der Waals surface area contributed by atoms with E-state index in [1.165, 1.54) is 0 Å². The summed E-state index contributed by atoms with van der Waals surface area (Å²) in [5, 5.41) is 12.9.